The van der Waals surface area contributed by atoms with Gasteiger partial charge in [0, 0.05) is 28.6 Å². The van der Waals surface area contributed by atoms with Gasteiger partial charge in [0.15, 0.2) is 5.13 Å². The Morgan fingerprint density at radius 3 is 2.50 bits per heavy atom. The molecule has 1 aromatic heterocycles. The Morgan fingerprint density at radius 1 is 1.23 bits per heavy atom. The van der Waals surface area contributed by atoms with Crippen LogP contribution in [0.4, 0.5) is 10.8 Å². The molecule has 0 aliphatic heterocycles. The monoisotopic (exact) mass is 317 g/mol. The van der Waals surface area contributed by atoms with Gasteiger partial charge in [-0.15, -0.1) is 11.3 Å². The van der Waals surface area contributed by atoms with Crippen LogP contribution in [-0.2, 0) is 4.79 Å². The third-order valence-electron chi connectivity index (χ3n) is 2.93. The second kappa shape index (κ2) is 6.92. The highest BCUT2D eigenvalue weighted by Crippen LogP contribution is 2.27. The fourth-order valence-electron chi connectivity index (χ4n) is 1.96. The molecule has 5 heteroatoms. The normalized spacial score (nSPS) is 11.3. The van der Waals surface area contributed by atoms with Gasteiger partial charge in [-0.05, 0) is 39.3 Å². The van der Waals surface area contributed by atoms with E-state index in [4.69, 9.17) is 0 Å². The van der Waals surface area contributed by atoms with E-state index < -0.39 is 0 Å². The predicted octanol–water partition coefficient (Wildman–Crippen LogP) is 4.76. The van der Waals surface area contributed by atoms with Crippen molar-refractivity contribution in [2.45, 2.75) is 46.1 Å². The molecule has 2 N–H and O–H groups in total. The van der Waals surface area contributed by atoms with Crippen LogP contribution >= 0.6 is 11.3 Å². The van der Waals surface area contributed by atoms with Crippen molar-refractivity contribution in [2.75, 3.05) is 10.6 Å². The Labute approximate surface area is 136 Å². The van der Waals surface area contributed by atoms with Crippen LogP contribution in [0.3, 0.4) is 0 Å². The molecule has 2 rings (SSSR count). The van der Waals surface area contributed by atoms with Crippen LogP contribution in [0.1, 0.15) is 40.5 Å². The van der Waals surface area contributed by atoms with Crippen molar-refractivity contribution >= 4 is 28.1 Å². The van der Waals surface area contributed by atoms with Crippen molar-refractivity contribution in [3.05, 3.63) is 29.6 Å². The number of aromatic nitrogens is 1. The standard InChI is InChI=1S/C17H23N3OS/c1-5-6-15(21)18-13-9-7-12(8-10-13)14-11-22-16(19-14)20-17(2,3)4/h7-11H,5-6H2,1-4H3,(H,18,21)(H,19,20). The summed E-state index contributed by atoms with van der Waals surface area (Å²) in [7, 11) is 0. The Hall–Kier alpha value is -1.88. The second-order valence-electron chi connectivity index (χ2n) is 6.29. The maximum atomic E-state index is 11.6. The number of hydrogen-bond acceptors (Lipinski definition) is 4. The molecule has 22 heavy (non-hydrogen) atoms. The van der Waals surface area contributed by atoms with Gasteiger partial charge in [0.25, 0.3) is 0 Å². The minimum absolute atomic E-state index is 0.00252. The number of thiazole rings is 1. The van der Waals surface area contributed by atoms with E-state index in [0.717, 1.165) is 28.5 Å². The number of rotatable bonds is 5. The van der Waals surface area contributed by atoms with Crippen molar-refractivity contribution in [1.29, 1.82) is 0 Å². The van der Waals surface area contributed by atoms with Gasteiger partial charge in [-0.25, -0.2) is 4.98 Å². The predicted molar refractivity (Wildman–Crippen MR) is 94.5 cm³/mol. The molecule has 0 atom stereocenters. The van der Waals surface area contributed by atoms with E-state index in [9.17, 15) is 4.79 Å². The molecule has 0 saturated heterocycles. The molecular weight excluding hydrogens is 294 g/mol. The number of carbonyl (C=O) groups excluding carboxylic acids is 1. The second-order valence-corrected chi connectivity index (χ2v) is 7.15. The summed E-state index contributed by atoms with van der Waals surface area (Å²) in [5, 5.41) is 9.22. The van der Waals surface area contributed by atoms with Gasteiger partial charge >= 0.3 is 0 Å². The van der Waals surface area contributed by atoms with E-state index >= 15 is 0 Å². The number of benzene rings is 1. The largest absolute Gasteiger partial charge is 0.357 e. The molecule has 0 unspecified atom stereocenters. The van der Waals surface area contributed by atoms with E-state index in [1.807, 2.05) is 36.6 Å². The van der Waals surface area contributed by atoms with Crippen LogP contribution < -0.4 is 10.6 Å². The molecule has 0 aliphatic rings. The first kappa shape index (κ1) is 16.5. The molecule has 4 nitrogen and oxygen atoms in total. The van der Waals surface area contributed by atoms with Gasteiger partial charge in [-0.3, -0.25) is 4.79 Å². The van der Waals surface area contributed by atoms with Gasteiger partial charge in [0.05, 0.1) is 5.69 Å². The van der Waals surface area contributed by atoms with Crippen LogP contribution in [-0.4, -0.2) is 16.4 Å². The van der Waals surface area contributed by atoms with E-state index in [1.165, 1.54) is 0 Å². The molecule has 1 heterocycles. The first-order chi connectivity index (χ1) is 10.4. The zero-order valence-corrected chi connectivity index (χ0v) is 14.4. The van der Waals surface area contributed by atoms with Gasteiger partial charge in [-0.2, -0.15) is 0 Å². The van der Waals surface area contributed by atoms with E-state index in [2.05, 4.69) is 36.4 Å². The summed E-state index contributed by atoms with van der Waals surface area (Å²) < 4.78 is 0. The average molecular weight is 317 g/mol. The summed E-state index contributed by atoms with van der Waals surface area (Å²) in [5.41, 5.74) is 2.82. The van der Waals surface area contributed by atoms with Crippen molar-refractivity contribution < 1.29 is 4.79 Å². The zero-order chi connectivity index (χ0) is 16.2. The molecule has 0 fully saturated rings. The molecule has 0 radical (unpaired) electrons. The van der Waals surface area contributed by atoms with Crippen molar-refractivity contribution in [2.24, 2.45) is 0 Å². The van der Waals surface area contributed by atoms with Crippen LogP contribution in [0.25, 0.3) is 11.3 Å². The molecule has 1 aromatic carbocycles. The first-order valence-electron chi connectivity index (χ1n) is 7.51. The average Bonchev–Trinajstić information content (AvgIpc) is 2.86. The van der Waals surface area contributed by atoms with Crippen molar-refractivity contribution in [1.82, 2.24) is 4.98 Å². The summed E-state index contributed by atoms with van der Waals surface area (Å²) in [6.45, 7) is 8.33. The maximum Gasteiger partial charge on any atom is 0.224 e. The lowest BCUT2D eigenvalue weighted by molar-refractivity contribution is -0.116. The molecule has 1 amide bonds. The Balaban J connectivity index is 2.06. The topological polar surface area (TPSA) is 54.0 Å². The summed E-state index contributed by atoms with van der Waals surface area (Å²) in [6, 6.07) is 7.80. The Kier molecular flexibility index (Phi) is 5.19. The highest BCUT2D eigenvalue weighted by molar-refractivity contribution is 7.14. The highest BCUT2D eigenvalue weighted by atomic mass is 32.1. The molecule has 0 spiro atoms. The third kappa shape index (κ3) is 4.84. The number of amides is 1. The van der Waals surface area contributed by atoms with Crippen LogP contribution in [0.2, 0.25) is 0 Å². The number of carbonyl (C=O) groups is 1. The smallest absolute Gasteiger partial charge is 0.224 e. The third-order valence-corrected chi connectivity index (χ3v) is 3.69. The van der Waals surface area contributed by atoms with Crippen LogP contribution in [0, 0.1) is 0 Å². The zero-order valence-electron chi connectivity index (χ0n) is 13.6. The number of nitrogens with one attached hydrogen (secondary N) is 2. The summed E-state index contributed by atoms with van der Waals surface area (Å²) in [6.07, 6.45) is 1.40. The minimum Gasteiger partial charge on any atom is -0.357 e. The van der Waals surface area contributed by atoms with Crippen LogP contribution in [0.5, 0.6) is 0 Å². The fraction of sp³-hybridized carbons (Fsp3) is 0.412. The lowest BCUT2D eigenvalue weighted by Crippen LogP contribution is -2.25. The number of anilines is 2. The van der Waals surface area contributed by atoms with E-state index in [1.54, 1.807) is 11.3 Å². The molecule has 0 saturated carbocycles. The summed E-state index contributed by atoms with van der Waals surface area (Å²) >= 11 is 1.60. The van der Waals surface area contributed by atoms with Gasteiger partial charge < -0.3 is 10.6 Å². The number of hydrogen-bond donors (Lipinski definition) is 2. The fourth-order valence-corrected chi connectivity index (χ4v) is 2.89. The quantitative estimate of drug-likeness (QED) is 0.836. The van der Waals surface area contributed by atoms with Crippen molar-refractivity contribution in [3.8, 4) is 11.3 Å². The molecular formula is C17H23N3OS. The molecule has 2 aromatic rings. The number of nitrogens with zero attached hydrogens (tertiary/aromatic N) is 1. The summed E-state index contributed by atoms with van der Waals surface area (Å²) in [5.74, 6) is 0.0561. The van der Waals surface area contributed by atoms with Gasteiger partial charge in [0.2, 0.25) is 5.91 Å². The molecule has 0 aliphatic carbocycles. The summed E-state index contributed by atoms with van der Waals surface area (Å²) in [4.78, 5) is 16.2. The molecule has 0 bridgehead atoms. The van der Waals surface area contributed by atoms with Gasteiger partial charge in [0.1, 0.15) is 0 Å². The highest BCUT2D eigenvalue weighted by Gasteiger charge is 2.12. The Morgan fingerprint density at radius 2 is 1.91 bits per heavy atom. The van der Waals surface area contributed by atoms with E-state index in [0.29, 0.717) is 6.42 Å². The van der Waals surface area contributed by atoms with Gasteiger partial charge in [-0.1, -0.05) is 19.1 Å². The SMILES string of the molecule is CCCC(=O)Nc1ccc(-c2csc(NC(C)(C)C)n2)cc1. The minimum atomic E-state index is 0.00252. The van der Waals surface area contributed by atoms with E-state index in [-0.39, 0.29) is 11.4 Å². The lowest BCUT2D eigenvalue weighted by atomic mass is 10.1. The Bertz CT molecular complexity index is 626. The first-order valence-corrected chi connectivity index (χ1v) is 8.39. The lowest BCUT2D eigenvalue weighted by Gasteiger charge is -2.19. The van der Waals surface area contributed by atoms with Crippen molar-refractivity contribution in [3.63, 3.8) is 0 Å². The maximum absolute atomic E-state index is 11.6. The molecule has 118 valence electrons. The van der Waals surface area contributed by atoms with Crippen LogP contribution in [0.15, 0.2) is 29.6 Å².